The van der Waals surface area contributed by atoms with Crippen LogP contribution in [0.3, 0.4) is 0 Å². The number of aromatic nitrogens is 3. The summed E-state index contributed by atoms with van der Waals surface area (Å²) in [5.41, 5.74) is 1.02. The molecule has 0 amide bonds. The van der Waals surface area contributed by atoms with Crippen LogP contribution in [0, 0.1) is 5.92 Å². The molecule has 1 aromatic heterocycles. The van der Waals surface area contributed by atoms with Crippen molar-refractivity contribution in [3.63, 3.8) is 0 Å². The zero-order valence-electron chi connectivity index (χ0n) is 10.8. The average Bonchev–Trinajstić information content (AvgIpc) is 3.09. The molecule has 5 nitrogen and oxygen atoms in total. The zero-order valence-corrected chi connectivity index (χ0v) is 10.8. The van der Waals surface area contributed by atoms with Gasteiger partial charge in [-0.3, -0.25) is 4.90 Å². The summed E-state index contributed by atoms with van der Waals surface area (Å²) in [6.45, 7) is 3.00. The minimum atomic E-state index is 0.280. The molecule has 1 atom stereocenters. The van der Waals surface area contributed by atoms with E-state index in [2.05, 4.69) is 15.0 Å². The van der Waals surface area contributed by atoms with Gasteiger partial charge in [0.05, 0.1) is 12.2 Å². The van der Waals surface area contributed by atoms with Gasteiger partial charge in [0.25, 0.3) is 0 Å². The standard InChI is InChI=1S/C14H18N4O/c19-10-12-6-7-17(8-12)9-14-15-11-18(16-14)13-4-2-1-3-5-13/h1-5,11-12,19H,6-10H2. The lowest BCUT2D eigenvalue weighted by Gasteiger charge is -2.12. The SMILES string of the molecule is OCC1CCN(Cc2ncn(-c3ccccc3)n2)C1. The van der Waals surface area contributed by atoms with E-state index < -0.39 is 0 Å². The summed E-state index contributed by atoms with van der Waals surface area (Å²) in [5.74, 6) is 1.25. The van der Waals surface area contributed by atoms with Crippen molar-refractivity contribution in [1.82, 2.24) is 19.7 Å². The van der Waals surface area contributed by atoms with Gasteiger partial charge in [0, 0.05) is 13.2 Å². The normalized spacial score (nSPS) is 19.9. The van der Waals surface area contributed by atoms with Crippen LogP contribution >= 0.6 is 0 Å². The molecular formula is C14H18N4O. The second-order valence-corrected chi connectivity index (χ2v) is 5.01. The summed E-state index contributed by atoms with van der Waals surface area (Å²) in [6.07, 6.45) is 2.82. The highest BCUT2D eigenvalue weighted by Crippen LogP contribution is 2.17. The number of hydrogen-bond acceptors (Lipinski definition) is 4. The Balaban J connectivity index is 1.66. The lowest BCUT2D eigenvalue weighted by Crippen LogP contribution is -2.21. The van der Waals surface area contributed by atoms with Crippen molar-refractivity contribution in [2.24, 2.45) is 5.92 Å². The van der Waals surface area contributed by atoms with Gasteiger partial charge < -0.3 is 5.11 Å². The van der Waals surface area contributed by atoms with Crippen molar-refractivity contribution in [1.29, 1.82) is 0 Å². The number of aliphatic hydroxyl groups is 1. The number of benzene rings is 1. The Bertz CT molecular complexity index is 525. The first-order valence-electron chi connectivity index (χ1n) is 6.64. The molecule has 0 bridgehead atoms. The first-order valence-corrected chi connectivity index (χ1v) is 6.64. The van der Waals surface area contributed by atoms with Crippen LogP contribution < -0.4 is 0 Å². The molecule has 0 saturated carbocycles. The molecular weight excluding hydrogens is 240 g/mol. The predicted octanol–water partition coefficient (Wildman–Crippen LogP) is 1.08. The molecule has 2 aromatic rings. The Morgan fingerprint density at radius 3 is 2.84 bits per heavy atom. The van der Waals surface area contributed by atoms with Crippen molar-refractivity contribution in [3.05, 3.63) is 42.5 Å². The highest BCUT2D eigenvalue weighted by molar-refractivity contribution is 5.29. The summed E-state index contributed by atoms with van der Waals surface area (Å²) in [7, 11) is 0. The number of hydrogen-bond donors (Lipinski definition) is 1. The number of likely N-dealkylation sites (tertiary alicyclic amines) is 1. The summed E-state index contributed by atoms with van der Waals surface area (Å²) >= 11 is 0. The van der Waals surface area contributed by atoms with E-state index in [1.165, 1.54) is 0 Å². The van der Waals surface area contributed by atoms with Crippen molar-refractivity contribution in [2.45, 2.75) is 13.0 Å². The third-order valence-corrected chi connectivity index (χ3v) is 3.55. The maximum Gasteiger partial charge on any atom is 0.164 e. The lowest BCUT2D eigenvalue weighted by molar-refractivity contribution is 0.219. The topological polar surface area (TPSA) is 54.2 Å². The molecule has 1 aromatic carbocycles. The van der Waals surface area contributed by atoms with Crippen LogP contribution in [0.2, 0.25) is 0 Å². The molecule has 1 fully saturated rings. The molecule has 5 heteroatoms. The summed E-state index contributed by atoms with van der Waals surface area (Å²) in [6, 6.07) is 9.98. The number of para-hydroxylation sites is 1. The Labute approximate surface area is 112 Å². The lowest BCUT2D eigenvalue weighted by atomic mass is 10.1. The van der Waals surface area contributed by atoms with E-state index >= 15 is 0 Å². The van der Waals surface area contributed by atoms with Crippen molar-refractivity contribution < 1.29 is 5.11 Å². The van der Waals surface area contributed by atoms with Gasteiger partial charge in [-0.15, -0.1) is 5.10 Å². The van der Waals surface area contributed by atoms with Crippen molar-refractivity contribution >= 4 is 0 Å². The first kappa shape index (κ1) is 12.3. The molecule has 1 N–H and O–H groups in total. The number of rotatable bonds is 4. The van der Waals surface area contributed by atoms with Crippen LogP contribution in [-0.2, 0) is 6.54 Å². The molecule has 0 spiro atoms. The Hall–Kier alpha value is -1.72. The highest BCUT2D eigenvalue weighted by Gasteiger charge is 2.22. The molecule has 1 aliphatic rings. The van der Waals surface area contributed by atoms with Gasteiger partial charge in [0.1, 0.15) is 6.33 Å². The van der Waals surface area contributed by atoms with Crippen LogP contribution in [0.4, 0.5) is 0 Å². The molecule has 0 aliphatic carbocycles. The Morgan fingerprint density at radius 2 is 2.11 bits per heavy atom. The van der Waals surface area contributed by atoms with E-state index in [1.807, 2.05) is 30.3 Å². The summed E-state index contributed by atoms with van der Waals surface area (Å²) < 4.78 is 1.80. The predicted molar refractivity (Wildman–Crippen MR) is 71.8 cm³/mol. The van der Waals surface area contributed by atoms with Crippen molar-refractivity contribution in [2.75, 3.05) is 19.7 Å². The summed E-state index contributed by atoms with van der Waals surface area (Å²) in [4.78, 5) is 6.65. The molecule has 2 heterocycles. The van der Waals surface area contributed by atoms with Crippen LogP contribution in [0.15, 0.2) is 36.7 Å². The van der Waals surface area contributed by atoms with Crippen LogP contribution in [0.5, 0.6) is 0 Å². The summed E-state index contributed by atoms with van der Waals surface area (Å²) in [5, 5.41) is 13.6. The fourth-order valence-electron chi connectivity index (χ4n) is 2.48. The smallest absolute Gasteiger partial charge is 0.164 e. The minimum Gasteiger partial charge on any atom is -0.396 e. The largest absolute Gasteiger partial charge is 0.396 e. The molecule has 19 heavy (non-hydrogen) atoms. The van der Waals surface area contributed by atoms with E-state index in [0.29, 0.717) is 5.92 Å². The van der Waals surface area contributed by atoms with Gasteiger partial charge in [0.2, 0.25) is 0 Å². The number of nitrogens with zero attached hydrogens (tertiary/aromatic N) is 4. The molecule has 1 unspecified atom stereocenters. The van der Waals surface area contributed by atoms with Crippen LogP contribution in [0.1, 0.15) is 12.2 Å². The fraction of sp³-hybridized carbons (Fsp3) is 0.429. The van der Waals surface area contributed by atoms with Crippen molar-refractivity contribution in [3.8, 4) is 5.69 Å². The van der Waals surface area contributed by atoms with Gasteiger partial charge in [-0.2, -0.15) is 0 Å². The Morgan fingerprint density at radius 1 is 1.26 bits per heavy atom. The van der Waals surface area contributed by atoms with Crippen LogP contribution in [0.25, 0.3) is 5.69 Å². The van der Waals surface area contributed by atoms with E-state index in [-0.39, 0.29) is 6.61 Å². The van der Waals surface area contributed by atoms with E-state index in [0.717, 1.165) is 37.6 Å². The van der Waals surface area contributed by atoms with Gasteiger partial charge >= 0.3 is 0 Å². The maximum absolute atomic E-state index is 9.14. The highest BCUT2D eigenvalue weighted by atomic mass is 16.3. The molecule has 100 valence electrons. The van der Waals surface area contributed by atoms with Gasteiger partial charge in [-0.1, -0.05) is 18.2 Å². The van der Waals surface area contributed by atoms with Gasteiger partial charge in [0.15, 0.2) is 5.82 Å². The second kappa shape index (κ2) is 5.50. The van der Waals surface area contributed by atoms with Crippen LogP contribution in [-0.4, -0.2) is 44.5 Å². The Kier molecular flexibility index (Phi) is 3.57. The molecule has 1 aliphatic heterocycles. The third-order valence-electron chi connectivity index (χ3n) is 3.55. The monoisotopic (exact) mass is 258 g/mol. The molecule has 0 radical (unpaired) electrons. The minimum absolute atomic E-state index is 0.280. The quantitative estimate of drug-likeness (QED) is 0.891. The third kappa shape index (κ3) is 2.83. The molecule has 1 saturated heterocycles. The zero-order chi connectivity index (χ0) is 13.1. The van der Waals surface area contributed by atoms with E-state index in [9.17, 15) is 0 Å². The van der Waals surface area contributed by atoms with E-state index in [4.69, 9.17) is 5.11 Å². The maximum atomic E-state index is 9.14. The number of aliphatic hydroxyl groups excluding tert-OH is 1. The van der Waals surface area contributed by atoms with E-state index in [1.54, 1.807) is 11.0 Å². The fourth-order valence-corrected chi connectivity index (χ4v) is 2.48. The van der Waals surface area contributed by atoms with Gasteiger partial charge in [-0.05, 0) is 31.0 Å². The first-order chi connectivity index (χ1) is 9.35. The molecule has 3 rings (SSSR count). The second-order valence-electron chi connectivity index (χ2n) is 5.01. The van der Waals surface area contributed by atoms with Gasteiger partial charge in [-0.25, -0.2) is 9.67 Å². The average molecular weight is 258 g/mol.